The highest BCUT2D eigenvalue weighted by atomic mass is 32.1. The fourth-order valence-corrected chi connectivity index (χ4v) is 2.22. The third-order valence-corrected chi connectivity index (χ3v) is 3.29. The van der Waals surface area contributed by atoms with E-state index >= 15 is 0 Å². The molecule has 0 unspecified atom stereocenters. The second-order valence-corrected chi connectivity index (χ2v) is 4.73. The first-order valence-electron chi connectivity index (χ1n) is 5.46. The summed E-state index contributed by atoms with van der Waals surface area (Å²) in [5.74, 6) is 0. The van der Waals surface area contributed by atoms with E-state index in [1.165, 1.54) is 6.07 Å². The lowest BCUT2D eigenvalue weighted by molar-refractivity contribution is 0.152. The molecule has 0 aliphatic carbocycles. The van der Waals surface area contributed by atoms with Crippen molar-refractivity contribution in [2.24, 2.45) is 0 Å². The maximum absolute atomic E-state index is 12.8. The Labute approximate surface area is 108 Å². The van der Waals surface area contributed by atoms with Gasteiger partial charge >= 0.3 is 0 Å². The zero-order chi connectivity index (χ0) is 13.0. The number of thiazole rings is 1. The van der Waals surface area contributed by atoms with Crippen LogP contribution in [0.4, 0.5) is 20.2 Å². The van der Waals surface area contributed by atoms with Crippen molar-refractivity contribution < 1.29 is 8.78 Å². The summed E-state index contributed by atoms with van der Waals surface area (Å²) >= 11 is 1.55. The number of rotatable bonds is 5. The lowest BCUT2D eigenvalue weighted by Gasteiger charge is -2.11. The van der Waals surface area contributed by atoms with Crippen LogP contribution >= 0.6 is 11.3 Å². The molecule has 6 heteroatoms. The second kappa shape index (κ2) is 5.77. The summed E-state index contributed by atoms with van der Waals surface area (Å²) in [6.07, 6.45) is -0.0886. The molecule has 1 aromatic heterocycles. The van der Waals surface area contributed by atoms with Crippen molar-refractivity contribution in [3.05, 3.63) is 40.3 Å². The predicted molar refractivity (Wildman–Crippen MR) is 70.1 cm³/mol. The van der Waals surface area contributed by atoms with E-state index in [9.17, 15) is 8.78 Å². The number of aromatic nitrogens is 1. The van der Waals surface area contributed by atoms with Crippen LogP contribution in [0.25, 0.3) is 0 Å². The molecule has 3 nitrogen and oxygen atoms in total. The number of benzene rings is 1. The summed E-state index contributed by atoms with van der Waals surface area (Å²) in [4.78, 5) is 4.13. The molecule has 0 aliphatic heterocycles. The molecule has 0 saturated heterocycles. The Balaban J connectivity index is 2.00. The average Bonchev–Trinajstić information content (AvgIpc) is 2.84. The molecule has 0 bridgehead atoms. The van der Waals surface area contributed by atoms with E-state index in [1.807, 2.05) is 5.38 Å². The van der Waals surface area contributed by atoms with Gasteiger partial charge in [-0.3, -0.25) is 0 Å². The van der Waals surface area contributed by atoms with Crippen LogP contribution in [0.15, 0.2) is 29.8 Å². The van der Waals surface area contributed by atoms with Crippen molar-refractivity contribution in [1.82, 2.24) is 4.98 Å². The van der Waals surface area contributed by atoms with Crippen LogP contribution in [0.1, 0.15) is 17.0 Å². The lowest BCUT2D eigenvalue weighted by atomic mass is 10.1. The highest BCUT2D eigenvalue weighted by Gasteiger charge is 2.13. The van der Waals surface area contributed by atoms with Gasteiger partial charge in [-0.25, -0.2) is 13.8 Å². The topological polar surface area (TPSA) is 50.9 Å². The fraction of sp³-hybridized carbons (Fsp3) is 0.250. The Hall–Kier alpha value is -1.69. The summed E-state index contributed by atoms with van der Waals surface area (Å²) in [6.45, 7) is 0.567. The maximum atomic E-state index is 12.8. The van der Waals surface area contributed by atoms with Gasteiger partial charge in [0.05, 0.1) is 5.01 Å². The molecular formula is C12H13F2N3S. The van der Waals surface area contributed by atoms with Crippen LogP contribution in [0.2, 0.25) is 0 Å². The van der Waals surface area contributed by atoms with E-state index in [-0.39, 0.29) is 5.56 Å². The van der Waals surface area contributed by atoms with E-state index in [1.54, 1.807) is 29.7 Å². The van der Waals surface area contributed by atoms with Gasteiger partial charge < -0.3 is 11.1 Å². The molecule has 1 heterocycles. The van der Waals surface area contributed by atoms with Crippen molar-refractivity contribution in [1.29, 1.82) is 0 Å². The molecule has 1 aromatic carbocycles. The molecule has 0 fully saturated rings. The van der Waals surface area contributed by atoms with E-state index in [4.69, 9.17) is 5.73 Å². The number of nitrogens with zero attached hydrogens (tertiary/aromatic N) is 1. The molecule has 96 valence electrons. The van der Waals surface area contributed by atoms with Crippen molar-refractivity contribution in [3.8, 4) is 0 Å². The van der Waals surface area contributed by atoms with Gasteiger partial charge in [0.1, 0.15) is 0 Å². The number of hydrogen-bond acceptors (Lipinski definition) is 4. The molecule has 0 spiro atoms. The van der Waals surface area contributed by atoms with Crippen molar-refractivity contribution >= 4 is 22.7 Å². The van der Waals surface area contributed by atoms with Crippen LogP contribution in [0.5, 0.6) is 0 Å². The van der Waals surface area contributed by atoms with Gasteiger partial charge in [0.2, 0.25) is 0 Å². The van der Waals surface area contributed by atoms with E-state index in [0.717, 1.165) is 5.01 Å². The normalized spacial score (nSPS) is 10.8. The van der Waals surface area contributed by atoms with Crippen LogP contribution < -0.4 is 11.1 Å². The minimum absolute atomic E-state index is 0.0610. The number of alkyl halides is 2. The van der Waals surface area contributed by atoms with Gasteiger partial charge in [0.15, 0.2) is 0 Å². The number of nitrogens with one attached hydrogen (secondary N) is 1. The predicted octanol–water partition coefficient (Wildman–Crippen LogP) is 3.32. The number of nitrogens with two attached hydrogens (primary N) is 1. The van der Waals surface area contributed by atoms with Gasteiger partial charge in [-0.1, -0.05) is 0 Å². The summed E-state index contributed by atoms with van der Waals surface area (Å²) in [5, 5.41) is 5.87. The Morgan fingerprint density at radius 2 is 2.22 bits per heavy atom. The van der Waals surface area contributed by atoms with Gasteiger partial charge in [-0.05, 0) is 18.2 Å². The first-order chi connectivity index (χ1) is 8.66. The summed E-state index contributed by atoms with van der Waals surface area (Å²) < 4.78 is 25.6. The van der Waals surface area contributed by atoms with Crippen LogP contribution in [-0.2, 0) is 6.42 Å². The number of halogens is 2. The number of anilines is 2. The van der Waals surface area contributed by atoms with E-state index in [2.05, 4.69) is 10.3 Å². The molecule has 0 saturated carbocycles. The van der Waals surface area contributed by atoms with Crippen LogP contribution in [0, 0.1) is 0 Å². The van der Waals surface area contributed by atoms with Gasteiger partial charge in [0, 0.05) is 41.5 Å². The standard InChI is InChI=1S/C12H13F2N3S/c13-12(14)9-7-8(15)1-2-10(9)16-4-3-11-17-5-6-18-11/h1-2,5-7,12,16H,3-4,15H2. The molecule has 0 radical (unpaired) electrons. The highest BCUT2D eigenvalue weighted by molar-refractivity contribution is 7.09. The van der Waals surface area contributed by atoms with Gasteiger partial charge in [-0.2, -0.15) is 0 Å². The Kier molecular flexibility index (Phi) is 4.09. The zero-order valence-corrected chi connectivity index (χ0v) is 10.4. The third-order valence-electron chi connectivity index (χ3n) is 2.45. The van der Waals surface area contributed by atoms with Gasteiger partial charge in [0.25, 0.3) is 6.43 Å². The Morgan fingerprint density at radius 3 is 2.89 bits per heavy atom. The number of nitrogen functional groups attached to an aromatic ring is 1. The Morgan fingerprint density at radius 1 is 1.39 bits per heavy atom. The Bertz CT molecular complexity index is 500. The quantitative estimate of drug-likeness (QED) is 0.819. The molecule has 0 aliphatic rings. The average molecular weight is 269 g/mol. The smallest absolute Gasteiger partial charge is 0.265 e. The largest absolute Gasteiger partial charge is 0.399 e. The highest BCUT2D eigenvalue weighted by Crippen LogP contribution is 2.28. The summed E-state index contributed by atoms with van der Waals surface area (Å²) in [7, 11) is 0. The molecule has 0 atom stereocenters. The van der Waals surface area contributed by atoms with Crippen molar-refractivity contribution in [2.75, 3.05) is 17.6 Å². The monoisotopic (exact) mass is 269 g/mol. The first kappa shape index (κ1) is 12.8. The minimum Gasteiger partial charge on any atom is -0.399 e. The molecule has 0 amide bonds. The zero-order valence-electron chi connectivity index (χ0n) is 9.57. The maximum Gasteiger partial charge on any atom is 0.265 e. The fourth-order valence-electron chi connectivity index (χ4n) is 1.60. The molecule has 2 rings (SSSR count). The molecular weight excluding hydrogens is 256 g/mol. The van der Waals surface area contributed by atoms with Crippen LogP contribution in [-0.4, -0.2) is 11.5 Å². The van der Waals surface area contributed by atoms with Gasteiger partial charge in [-0.15, -0.1) is 11.3 Å². The van der Waals surface area contributed by atoms with Crippen molar-refractivity contribution in [3.63, 3.8) is 0 Å². The number of hydrogen-bond donors (Lipinski definition) is 2. The molecule has 2 aromatic rings. The van der Waals surface area contributed by atoms with Crippen LogP contribution in [0.3, 0.4) is 0 Å². The lowest BCUT2D eigenvalue weighted by Crippen LogP contribution is -2.07. The minimum atomic E-state index is -2.53. The summed E-state index contributed by atoms with van der Waals surface area (Å²) in [5.41, 5.74) is 6.21. The van der Waals surface area contributed by atoms with E-state index in [0.29, 0.717) is 24.3 Å². The summed E-state index contributed by atoms with van der Waals surface area (Å²) in [6, 6.07) is 4.49. The van der Waals surface area contributed by atoms with E-state index < -0.39 is 6.43 Å². The van der Waals surface area contributed by atoms with Crippen molar-refractivity contribution in [2.45, 2.75) is 12.8 Å². The third kappa shape index (κ3) is 3.16. The molecule has 3 N–H and O–H groups in total. The second-order valence-electron chi connectivity index (χ2n) is 3.75. The molecule has 18 heavy (non-hydrogen) atoms. The SMILES string of the molecule is Nc1ccc(NCCc2nccs2)c(C(F)F)c1. The first-order valence-corrected chi connectivity index (χ1v) is 6.34.